The van der Waals surface area contributed by atoms with E-state index in [0.717, 1.165) is 36.4 Å². The Bertz CT molecular complexity index is 1200. The van der Waals surface area contributed by atoms with E-state index in [-0.39, 0.29) is 16.9 Å². The summed E-state index contributed by atoms with van der Waals surface area (Å²) in [5, 5.41) is 5.96. The van der Waals surface area contributed by atoms with Gasteiger partial charge in [0, 0.05) is 48.7 Å². The Morgan fingerprint density at radius 1 is 0.861 bits per heavy atom. The number of thiocarbonyl (C=S) groups is 1. The molecular formula is C28H30N4O3S. The third kappa shape index (κ3) is 6.20. The normalized spacial score (nSPS) is 13.2. The number of hydrogen-bond donors (Lipinski definition) is 2. The van der Waals surface area contributed by atoms with E-state index in [1.165, 1.54) is 5.56 Å². The zero-order valence-electron chi connectivity index (χ0n) is 20.5. The molecule has 186 valence electrons. The van der Waals surface area contributed by atoms with Crippen molar-refractivity contribution in [2.24, 2.45) is 0 Å². The van der Waals surface area contributed by atoms with Crippen LogP contribution in [0, 0.1) is 0 Å². The van der Waals surface area contributed by atoms with Crippen molar-refractivity contribution in [1.29, 1.82) is 0 Å². The van der Waals surface area contributed by atoms with Gasteiger partial charge in [-0.1, -0.05) is 19.1 Å². The molecular weight excluding hydrogens is 472 g/mol. The van der Waals surface area contributed by atoms with Crippen molar-refractivity contribution in [3.8, 4) is 5.75 Å². The number of carbonyl (C=O) groups excluding carboxylic acids is 2. The van der Waals surface area contributed by atoms with Crippen LogP contribution in [0.25, 0.3) is 0 Å². The lowest BCUT2D eigenvalue weighted by molar-refractivity contribution is 0.0746. The van der Waals surface area contributed by atoms with Crippen LogP contribution in [0.4, 0.5) is 11.4 Å². The predicted molar refractivity (Wildman–Crippen MR) is 147 cm³/mol. The van der Waals surface area contributed by atoms with Gasteiger partial charge in [0.15, 0.2) is 5.11 Å². The van der Waals surface area contributed by atoms with Gasteiger partial charge in [0.1, 0.15) is 5.75 Å². The molecule has 36 heavy (non-hydrogen) atoms. The highest BCUT2D eigenvalue weighted by atomic mass is 32.1. The number of nitrogens with one attached hydrogen (secondary N) is 2. The van der Waals surface area contributed by atoms with Crippen molar-refractivity contribution in [1.82, 2.24) is 10.2 Å². The van der Waals surface area contributed by atoms with Gasteiger partial charge < -0.3 is 19.9 Å². The Morgan fingerprint density at radius 3 is 2.06 bits per heavy atom. The molecule has 1 fully saturated rings. The highest BCUT2D eigenvalue weighted by Gasteiger charge is 2.22. The second-order valence-electron chi connectivity index (χ2n) is 8.51. The number of rotatable bonds is 6. The summed E-state index contributed by atoms with van der Waals surface area (Å²) in [5.41, 5.74) is 4.32. The first-order chi connectivity index (χ1) is 17.5. The van der Waals surface area contributed by atoms with Gasteiger partial charge in [-0.25, -0.2) is 0 Å². The Balaban J connectivity index is 1.26. The third-order valence-corrected chi connectivity index (χ3v) is 6.45. The van der Waals surface area contributed by atoms with Crippen molar-refractivity contribution < 1.29 is 14.3 Å². The predicted octanol–water partition coefficient (Wildman–Crippen LogP) is 4.35. The van der Waals surface area contributed by atoms with Crippen LogP contribution in [0.15, 0.2) is 72.8 Å². The van der Waals surface area contributed by atoms with Crippen LogP contribution in [-0.2, 0) is 6.42 Å². The monoisotopic (exact) mass is 502 g/mol. The molecule has 1 aliphatic rings. The molecule has 0 bridgehead atoms. The summed E-state index contributed by atoms with van der Waals surface area (Å²) in [6.07, 6.45) is 0.964. The maximum atomic E-state index is 12.8. The molecule has 0 spiro atoms. The summed E-state index contributed by atoms with van der Waals surface area (Å²) in [4.78, 5) is 29.4. The SMILES string of the molecule is CCc1ccc(C(=O)N2CCN(c3ccc(NC(=S)NC(=O)c4ccc(OC)cc4)cc3)CC2)cc1. The van der Waals surface area contributed by atoms with Crippen LogP contribution in [-0.4, -0.2) is 55.1 Å². The molecule has 4 rings (SSSR count). The van der Waals surface area contributed by atoms with E-state index in [1.54, 1.807) is 31.4 Å². The number of hydrogen-bond acceptors (Lipinski definition) is 5. The van der Waals surface area contributed by atoms with Gasteiger partial charge in [0.2, 0.25) is 0 Å². The molecule has 0 aliphatic carbocycles. The molecule has 1 heterocycles. The van der Waals surface area contributed by atoms with E-state index < -0.39 is 0 Å². The minimum absolute atomic E-state index is 0.0852. The van der Waals surface area contributed by atoms with Crippen molar-refractivity contribution >= 4 is 40.5 Å². The quantitative estimate of drug-likeness (QED) is 0.489. The molecule has 8 heteroatoms. The number of benzene rings is 3. The van der Waals surface area contributed by atoms with Crippen molar-refractivity contribution in [2.75, 3.05) is 43.5 Å². The van der Waals surface area contributed by atoms with E-state index in [9.17, 15) is 9.59 Å². The van der Waals surface area contributed by atoms with Gasteiger partial charge in [-0.2, -0.15) is 0 Å². The summed E-state index contributed by atoms with van der Waals surface area (Å²) in [5.74, 6) is 0.476. The first kappa shape index (κ1) is 25.2. The van der Waals surface area contributed by atoms with Crippen LogP contribution in [0.5, 0.6) is 5.75 Å². The van der Waals surface area contributed by atoms with Crippen LogP contribution >= 0.6 is 12.2 Å². The van der Waals surface area contributed by atoms with Gasteiger partial charge in [-0.3, -0.25) is 14.9 Å². The zero-order chi connectivity index (χ0) is 25.5. The maximum Gasteiger partial charge on any atom is 0.257 e. The fourth-order valence-corrected chi connectivity index (χ4v) is 4.28. The van der Waals surface area contributed by atoms with Gasteiger partial charge in [-0.15, -0.1) is 0 Å². The number of carbonyl (C=O) groups is 2. The fourth-order valence-electron chi connectivity index (χ4n) is 4.07. The first-order valence-electron chi connectivity index (χ1n) is 12.0. The zero-order valence-corrected chi connectivity index (χ0v) is 21.3. The molecule has 0 aromatic heterocycles. The first-order valence-corrected chi connectivity index (χ1v) is 12.4. The molecule has 7 nitrogen and oxygen atoms in total. The Labute approximate surface area is 217 Å². The molecule has 1 aliphatic heterocycles. The minimum Gasteiger partial charge on any atom is -0.497 e. The number of piperazine rings is 1. The van der Waals surface area contributed by atoms with E-state index in [4.69, 9.17) is 17.0 Å². The number of methoxy groups -OCH3 is 1. The molecule has 0 atom stereocenters. The molecule has 1 saturated heterocycles. The number of aryl methyl sites for hydroxylation is 1. The largest absolute Gasteiger partial charge is 0.497 e. The standard InChI is InChI=1S/C28H30N4O3S/c1-3-20-4-6-22(7-5-20)27(34)32-18-16-31(17-19-32)24-12-10-23(11-13-24)29-28(36)30-26(33)21-8-14-25(35-2)15-9-21/h4-15H,3,16-19H2,1-2H3,(H2,29,30,33,36). The highest BCUT2D eigenvalue weighted by Crippen LogP contribution is 2.20. The molecule has 0 unspecified atom stereocenters. The van der Waals surface area contributed by atoms with Gasteiger partial charge in [0.25, 0.3) is 11.8 Å². The maximum absolute atomic E-state index is 12.8. The molecule has 0 saturated carbocycles. The molecule has 2 amide bonds. The van der Waals surface area contributed by atoms with Crippen LogP contribution in [0.2, 0.25) is 0 Å². The smallest absolute Gasteiger partial charge is 0.257 e. The average molecular weight is 503 g/mol. The number of nitrogens with zero attached hydrogens (tertiary/aromatic N) is 2. The number of anilines is 2. The summed E-state index contributed by atoms with van der Waals surface area (Å²) in [6.45, 7) is 4.99. The summed E-state index contributed by atoms with van der Waals surface area (Å²) < 4.78 is 5.11. The number of amides is 2. The lowest BCUT2D eigenvalue weighted by Crippen LogP contribution is -2.48. The Kier molecular flexibility index (Phi) is 8.17. The lowest BCUT2D eigenvalue weighted by atomic mass is 10.1. The van der Waals surface area contributed by atoms with Crippen LogP contribution < -0.4 is 20.3 Å². The Hall–Kier alpha value is -3.91. The summed E-state index contributed by atoms with van der Waals surface area (Å²) in [6, 6.07) is 22.6. The van der Waals surface area contributed by atoms with E-state index in [0.29, 0.717) is 24.4 Å². The van der Waals surface area contributed by atoms with Gasteiger partial charge >= 0.3 is 0 Å². The average Bonchev–Trinajstić information content (AvgIpc) is 2.93. The van der Waals surface area contributed by atoms with E-state index in [1.807, 2.05) is 53.4 Å². The topological polar surface area (TPSA) is 73.9 Å². The molecule has 2 N–H and O–H groups in total. The van der Waals surface area contributed by atoms with Crippen molar-refractivity contribution in [3.05, 3.63) is 89.5 Å². The van der Waals surface area contributed by atoms with Crippen LogP contribution in [0.3, 0.4) is 0 Å². The second kappa shape index (κ2) is 11.7. The van der Waals surface area contributed by atoms with Crippen molar-refractivity contribution in [3.63, 3.8) is 0 Å². The highest BCUT2D eigenvalue weighted by molar-refractivity contribution is 7.80. The summed E-state index contributed by atoms with van der Waals surface area (Å²) in [7, 11) is 1.58. The third-order valence-electron chi connectivity index (χ3n) is 6.25. The van der Waals surface area contributed by atoms with Crippen LogP contribution in [0.1, 0.15) is 33.2 Å². The number of ether oxygens (including phenoxy) is 1. The lowest BCUT2D eigenvalue weighted by Gasteiger charge is -2.36. The van der Waals surface area contributed by atoms with Gasteiger partial charge in [-0.05, 0) is 84.9 Å². The van der Waals surface area contributed by atoms with E-state index >= 15 is 0 Å². The minimum atomic E-state index is -0.291. The fraction of sp³-hybridized carbons (Fsp3) is 0.250. The molecule has 0 radical (unpaired) electrons. The van der Waals surface area contributed by atoms with E-state index in [2.05, 4.69) is 22.5 Å². The molecule has 3 aromatic rings. The molecule has 3 aromatic carbocycles. The Morgan fingerprint density at radius 2 is 1.47 bits per heavy atom. The van der Waals surface area contributed by atoms with Gasteiger partial charge in [0.05, 0.1) is 7.11 Å². The second-order valence-corrected chi connectivity index (χ2v) is 8.92. The van der Waals surface area contributed by atoms with Crippen molar-refractivity contribution in [2.45, 2.75) is 13.3 Å². The summed E-state index contributed by atoms with van der Waals surface area (Å²) >= 11 is 5.29.